The second-order valence-corrected chi connectivity index (χ2v) is 16.6. The van der Waals surface area contributed by atoms with Gasteiger partial charge in [0.15, 0.2) is 6.10 Å². The maximum atomic E-state index is 12.7. The van der Waals surface area contributed by atoms with Crippen LogP contribution in [-0.4, -0.2) is 37.2 Å². The molecule has 0 aromatic rings. The van der Waals surface area contributed by atoms with E-state index in [0.717, 1.165) is 69.6 Å². The van der Waals surface area contributed by atoms with Crippen LogP contribution in [0.4, 0.5) is 0 Å². The van der Waals surface area contributed by atoms with E-state index in [1.54, 1.807) is 0 Å². The van der Waals surface area contributed by atoms with Gasteiger partial charge in [-0.2, -0.15) is 0 Å². The van der Waals surface area contributed by atoms with E-state index in [-0.39, 0.29) is 31.1 Å². The molecule has 0 saturated heterocycles. The Labute approximate surface area is 323 Å². The van der Waals surface area contributed by atoms with Crippen LogP contribution in [0.15, 0.2) is 0 Å². The summed E-state index contributed by atoms with van der Waals surface area (Å²) in [6.07, 6.45) is 36.6. The van der Waals surface area contributed by atoms with Crippen molar-refractivity contribution in [3.05, 3.63) is 0 Å². The Bertz CT molecular complexity index is 794. The molecule has 0 aliphatic carbocycles. The average molecular weight is 737 g/mol. The molecule has 0 aromatic heterocycles. The Morgan fingerprint density at radius 2 is 0.635 bits per heavy atom. The van der Waals surface area contributed by atoms with Gasteiger partial charge in [0.2, 0.25) is 0 Å². The summed E-state index contributed by atoms with van der Waals surface area (Å²) in [6, 6.07) is 0. The molecule has 0 spiro atoms. The third-order valence-electron chi connectivity index (χ3n) is 10.2. The van der Waals surface area contributed by atoms with Crippen molar-refractivity contribution in [1.82, 2.24) is 0 Å². The SMILES string of the molecule is CCCCCCCCCCCC(=O)OC[C@H](COC(=O)CCCCCCCCCCC(C)C)OC(=O)CCCCCCCCCCCCCC(C)C. The summed E-state index contributed by atoms with van der Waals surface area (Å²) in [4.78, 5) is 37.6. The molecule has 0 rings (SSSR count). The summed E-state index contributed by atoms with van der Waals surface area (Å²) in [5, 5.41) is 0. The predicted molar refractivity (Wildman–Crippen MR) is 220 cm³/mol. The lowest BCUT2D eigenvalue weighted by Gasteiger charge is -2.18. The highest BCUT2D eigenvalue weighted by Crippen LogP contribution is 2.16. The highest BCUT2D eigenvalue weighted by molar-refractivity contribution is 5.71. The van der Waals surface area contributed by atoms with Crippen molar-refractivity contribution < 1.29 is 28.6 Å². The molecule has 6 heteroatoms. The molecule has 6 nitrogen and oxygen atoms in total. The first-order chi connectivity index (χ1) is 25.2. The van der Waals surface area contributed by atoms with E-state index in [1.807, 2.05) is 0 Å². The highest BCUT2D eigenvalue weighted by atomic mass is 16.6. The molecular weight excluding hydrogens is 649 g/mol. The fraction of sp³-hybridized carbons (Fsp3) is 0.935. The van der Waals surface area contributed by atoms with E-state index >= 15 is 0 Å². The molecule has 0 saturated carbocycles. The number of carbonyl (C=O) groups is 3. The van der Waals surface area contributed by atoms with Crippen LogP contribution in [-0.2, 0) is 28.6 Å². The van der Waals surface area contributed by atoms with Crippen LogP contribution in [0.3, 0.4) is 0 Å². The van der Waals surface area contributed by atoms with Gasteiger partial charge in [-0.25, -0.2) is 0 Å². The van der Waals surface area contributed by atoms with Crippen molar-refractivity contribution in [3.63, 3.8) is 0 Å². The lowest BCUT2D eigenvalue weighted by molar-refractivity contribution is -0.167. The summed E-state index contributed by atoms with van der Waals surface area (Å²) in [6.45, 7) is 11.3. The van der Waals surface area contributed by atoms with Crippen molar-refractivity contribution in [2.75, 3.05) is 13.2 Å². The third kappa shape index (κ3) is 39.6. The van der Waals surface area contributed by atoms with Gasteiger partial charge in [0, 0.05) is 19.3 Å². The fourth-order valence-corrected chi connectivity index (χ4v) is 6.75. The quantitative estimate of drug-likeness (QED) is 0.0354. The Hall–Kier alpha value is -1.59. The topological polar surface area (TPSA) is 78.9 Å². The van der Waals surface area contributed by atoms with E-state index in [0.29, 0.717) is 19.3 Å². The average Bonchev–Trinajstić information content (AvgIpc) is 3.11. The summed E-state index contributed by atoms with van der Waals surface area (Å²) >= 11 is 0. The standard InChI is InChI=1S/C46H88O6/c1-6-7-8-9-10-14-21-26-31-36-44(47)50-39-43(40-51-45(48)37-32-27-22-18-17-20-25-30-35-42(4)5)52-46(49)38-33-28-23-16-13-11-12-15-19-24-29-34-41(2)3/h41-43H,6-40H2,1-5H3/t43-/m1/s1. The molecule has 0 aliphatic rings. The fourth-order valence-electron chi connectivity index (χ4n) is 6.75. The smallest absolute Gasteiger partial charge is 0.306 e. The minimum absolute atomic E-state index is 0.0653. The molecule has 0 N–H and O–H groups in total. The molecule has 52 heavy (non-hydrogen) atoms. The molecule has 0 aromatic carbocycles. The van der Waals surface area contributed by atoms with Crippen LogP contribution in [0.5, 0.6) is 0 Å². The van der Waals surface area contributed by atoms with E-state index in [2.05, 4.69) is 34.6 Å². The van der Waals surface area contributed by atoms with E-state index in [9.17, 15) is 14.4 Å². The number of hydrogen-bond acceptors (Lipinski definition) is 6. The van der Waals surface area contributed by atoms with Crippen molar-refractivity contribution in [3.8, 4) is 0 Å². The lowest BCUT2D eigenvalue weighted by atomic mass is 10.0. The highest BCUT2D eigenvalue weighted by Gasteiger charge is 2.19. The summed E-state index contributed by atoms with van der Waals surface area (Å²) in [7, 11) is 0. The number of carbonyl (C=O) groups excluding carboxylic acids is 3. The van der Waals surface area contributed by atoms with Crippen LogP contribution in [0.25, 0.3) is 0 Å². The van der Waals surface area contributed by atoms with Crippen molar-refractivity contribution in [1.29, 1.82) is 0 Å². The molecule has 0 heterocycles. The minimum Gasteiger partial charge on any atom is -0.462 e. The first-order valence-electron chi connectivity index (χ1n) is 22.7. The van der Waals surface area contributed by atoms with Gasteiger partial charge in [0.1, 0.15) is 13.2 Å². The van der Waals surface area contributed by atoms with Gasteiger partial charge >= 0.3 is 17.9 Å². The predicted octanol–water partition coefficient (Wildman–Crippen LogP) is 14.2. The van der Waals surface area contributed by atoms with Gasteiger partial charge < -0.3 is 14.2 Å². The number of ether oxygens (including phenoxy) is 3. The van der Waals surface area contributed by atoms with Crippen molar-refractivity contribution in [2.24, 2.45) is 11.8 Å². The monoisotopic (exact) mass is 737 g/mol. The Balaban J connectivity index is 4.32. The normalized spacial score (nSPS) is 12.1. The van der Waals surface area contributed by atoms with Gasteiger partial charge in [-0.3, -0.25) is 14.4 Å². The number of esters is 3. The van der Waals surface area contributed by atoms with Gasteiger partial charge in [0.05, 0.1) is 0 Å². The first-order valence-corrected chi connectivity index (χ1v) is 22.7. The van der Waals surface area contributed by atoms with Crippen LogP contribution >= 0.6 is 0 Å². The number of rotatable bonds is 40. The van der Waals surface area contributed by atoms with Crippen molar-refractivity contribution in [2.45, 2.75) is 253 Å². The maximum Gasteiger partial charge on any atom is 0.306 e. The van der Waals surface area contributed by atoms with Crippen LogP contribution in [0, 0.1) is 11.8 Å². The molecule has 0 fully saturated rings. The van der Waals surface area contributed by atoms with E-state index in [1.165, 1.54) is 135 Å². The van der Waals surface area contributed by atoms with Gasteiger partial charge in [-0.15, -0.1) is 0 Å². The zero-order chi connectivity index (χ0) is 38.3. The number of unbranched alkanes of at least 4 members (excludes halogenated alkanes) is 25. The first kappa shape index (κ1) is 50.4. The summed E-state index contributed by atoms with van der Waals surface area (Å²) in [5.74, 6) is 0.760. The summed E-state index contributed by atoms with van der Waals surface area (Å²) in [5.41, 5.74) is 0. The molecule has 308 valence electrons. The largest absolute Gasteiger partial charge is 0.462 e. The van der Waals surface area contributed by atoms with Crippen molar-refractivity contribution >= 4 is 17.9 Å². The zero-order valence-electron chi connectivity index (χ0n) is 35.4. The van der Waals surface area contributed by atoms with E-state index in [4.69, 9.17) is 14.2 Å². The minimum atomic E-state index is -0.760. The molecule has 0 radical (unpaired) electrons. The molecule has 1 atom stereocenters. The van der Waals surface area contributed by atoms with Crippen LogP contribution in [0.2, 0.25) is 0 Å². The Morgan fingerprint density at radius 1 is 0.365 bits per heavy atom. The molecule has 0 bridgehead atoms. The number of hydrogen-bond donors (Lipinski definition) is 0. The van der Waals surface area contributed by atoms with Gasteiger partial charge in [-0.05, 0) is 31.1 Å². The van der Waals surface area contributed by atoms with Crippen LogP contribution in [0.1, 0.15) is 247 Å². The third-order valence-corrected chi connectivity index (χ3v) is 10.2. The molecule has 0 unspecified atom stereocenters. The molecular formula is C46H88O6. The second-order valence-electron chi connectivity index (χ2n) is 16.6. The van der Waals surface area contributed by atoms with Gasteiger partial charge in [0.25, 0.3) is 0 Å². The van der Waals surface area contributed by atoms with E-state index < -0.39 is 6.10 Å². The van der Waals surface area contributed by atoms with Gasteiger partial charge in [-0.1, -0.05) is 208 Å². The molecule has 0 amide bonds. The Morgan fingerprint density at radius 3 is 0.942 bits per heavy atom. The zero-order valence-corrected chi connectivity index (χ0v) is 35.4. The summed E-state index contributed by atoms with van der Waals surface area (Å²) < 4.78 is 16.7. The van der Waals surface area contributed by atoms with Crippen LogP contribution < -0.4 is 0 Å². The lowest BCUT2D eigenvalue weighted by Crippen LogP contribution is -2.30. The Kier molecular flexibility index (Phi) is 37.9. The second kappa shape index (κ2) is 39.1. The molecule has 0 aliphatic heterocycles. The maximum absolute atomic E-state index is 12.7.